The van der Waals surface area contributed by atoms with Crippen molar-refractivity contribution in [2.24, 2.45) is 0 Å². The van der Waals surface area contributed by atoms with E-state index in [4.69, 9.17) is 11.6 Å². The van der Waals surface area contributed by atoms with E-state index in [0.29, 0.717) is 6.42 Å². The van der Waals surface area contributed by atoms with Crippen LogP contribution < -0.4 is 0 Å². The number of thiophene rings is 1. The van der Waals surface area contributed by atoms with Gasteiger partial charge in [-0.15, -0.1) is 11.3 Å². The summed E-state index contributed by atoms with van der Waals surface area (Å²) in [7, 11) is 0. The largest absolute Gasteiger partial charge is 0.294 e. The Balaban J connectivity index is 2.18. The standard InChI is InChI=1S/C12H8ClIOS/c13-12-6-5-8(16-12)7-11(15)9-3-1-2-4-10(9)14/h1-6H,7H2. The number of carbonyl (C=O) groups is 1. The Bertz CT molecular complexity index is 521. The number of ketones is 1. The molecule has 82 valence electrons. The van der Waals surface area contributed by atoms with E-state index in [1.165, 1.54) is 11.3 Å². The van der Waals surface area contributed by atoms with E-state index in [1.807, 2.05) is 36.4 Å². The van der Waals surface area contributed by atoms with E-state index < -0.39 is 0 Å². The molecule has 2 aromatic rings. The van der Waals surface area contributed by atoms with Crippen LogP contribution in [0, 0.1) is 3.57 Å². The molecule has 0 aliphatic rings. The number of halogens is 2. The molecule has 16 heavy (non-hydrogen) atoms. The lowest BCUT2D eigenvalue weighted by atomic mass is 10.1. The predicted octanol–water partition coefficient (Wildman–Crippen LogP) is 4.43. The van der Waals surface area contributed by atoms with Crippen molar-refractivity contribution in [1.29, 1.82) is 0 Å². The first kappa shape index (κ1) is 12.1. The lowest BCUT2D eigenvalue weighted by molar-refractivity contribution is 0.0993. The van der Waals surface area contributed by atoms with Crippen LogP contribution in [0.5, 0.6) is 0 Å². The van der Waals surface area contributed by atoms with Gasteiger partial charge in [0.2, 0.25) is 0 Å². The van der Waals surface area contributed by atoms with Gasteiger partial charge in [0, 0.05) is 20.4 Å². The molecule has 0 amide bonds. The van der Waals surface area contributed by atoms with Gasteiger partial charge in [0.25, 0.3) is 0 Å². The van der Waals surface area contributed by atoms with Crippen LogP contribution in [0.2, 0.25) is 4.34 Å². The molecule has 0 spiro atoms. The summed E-state index contributed by atoms with van der Waals surface area (Å²) in [5.74, 6) is 0.142. The summed E-state index contributed by atoms with van der Waals surface area (Å²) in [6, 6.07) is 11.3. The average Bonchev–Trinajstić information content (AvgIpc) is 2.64. The molecule has 1 aromatic carbocycles. The Labute approximate surface area is 117 Å². The minimum atomic E-state index is 0.142. The zero-order chi connectivity index (χ0) is 11.5. The van der Waals surface area contributed by atoms with Crippen LogP contribution in [0.4, 0.5) is 0 Å². The number of rotatable bonds is 3. The number of hydrogen-bond acceptors (Lipinski definition) is 2. The summed E-state index contributed by atoms with van der Waals surface area (Å²) in [5, 5.41) is 0. The van der Waals surface area contributed by atoms with E-state index in [2.05, 4.69) is 22.6 Å². The van der Waals surface area contributed by atoms with Crippen LogP contribution in [0.25, 0.3) is 0 Å². The van der Waals surface area contributed by atoms with Gasteiger partial charge in [-0.25, -0.2) is 0 Å². The van der Waals surface area contributed by atoms with Crippen molar-refractivity contribution in [3.8, 4) is 0 Å². The van der Waals surface area contributed by atoms with Crippen molar-refractivity contribution in [1.82, 2.24) is 0 Å². The van der Waals surface area contributed by atoms with E-state index in [9.17, 15) is 4.79 Å². The molecular formula is C12H8ClIOS. The van der Waals surface area contributed by atoms with Gasteiger partial charge < -0.3 is 0 Å². The lowest BCUT2D eigenvalue weighted by Gasteiger charge is -2.01. The molecule has 1 heterocycles. The quantitative estimate of drug-likeness (QED) is 0.583. The monoisotopic (exact) mass is 362 g/mol. The number of Topliss-reactive ketones (excluding diaryl/α,β-unsaturated/α-hetero) is 1. The molecule has 0 N–H and O–H groups in total. The van der Waals surface area contributed by atoms with Crippen LogP contribution in [0.1, 0.15) is 15.2 Å². The highest BCUT2D eigenvalue weighted by Gasteiger charge is 2.11. The van der Waals surface area contributed by atoms with Crippen molar-refractivity contribution in [3.63, 3.8) is 0 Å². The zero-order valence-corrected chi connectivity index (χ0v) is 12.0. The summed E-state index contributed by atoms with van der Waals surface area (Å²) >= 11 is 9.47. The fourth-order valence-electron chi connectivity index (χ4n) is 1.39. The third kappa shape index (κ3) is 2.84. The maximum atomic E-state index is 12.0. The minimum absolute atomic E-state index is 0.142. The first-order valence-corrected chi connectivity index (χ1v) is 6.96. The fraction of sp³-hybridized carbons (Fsp3) is 0.0833. The van der Waals surface area contributed by atoms with Gasteiger partial charge in [-0.05, 0) is 40.8 Å². The Hall–Kier alpha value is -0.390. The molecule has 0 radical (unpaired) electrons. The third-order valence-electron chi connectivity index (χ3n) is 2.14. The summed E-state index contributed by atoms with van der Waals surface area (Å²) in [4.78, 5) is 13.0. The molecule has 0 saturated carbocycles. The molecule has 1 aromatic heterocycles. The zero-order valence-electron chi connectivity index (χ0n) is 8.24. The highest BCUT2D eigenvalue weighted by Crippen LogP contribution is 2.23. The molecule has 2 rings (SSSR count). The van der Waals surface area contributed by atoms with Crippen molar-refractivity contribution < 1.29 is 4.79 Å². The number of carbonyl (C=O) groups excluding carboxylic acids is 1. The van der Waals surface area contributed by atoms with Gasteiger partial charge in [-0.1, -0.05) is 29.8 Å². The van der Waals surface area contributed by atoms with Crippen LogP contribution in [-0.2, 0) is 6.42 Å². The predicted molar refractivity (Wildman–Crippen MR) is 76.5 cm³/mol. The van der Waals surface area contributed by atoms with Crippen LogP contribution in [0.15, 0.2) is 36.4 Å². The Kier molecular flexibility index (Phi) is 4.00. The summed E-state index contributed by atoms with van der Waals surface area (Å²) < 4.78 is 1.72. The van der Waals surface area contributed by atoms with Gasteiger partial charge in [0.1, 0.15) is 0 Å². The summed E-state index contributed by atoms with van der Waals surface area (Å²) in [6.07, 6.45) is 0.428. The molecule has 0 aliphatic carbocycles. The van der Waals surface area contributed by atoms with E-state index in [0.717, 1.165) is 18.3 Å². The first-order chi connectivity index (χ1) is 7.66. The summed E-state index contributed by atoms with van der Waals surface area (Å²) in [6.45, 7) is 0. The Morgan fingerprint density at radius 1 is 1.25 bits per heavy atom. The highest BCUT2D eigenvalue weighted by molar-refractivity contribution is 14.1. The fourth-order valence-corrected chi connectivity index (χ4v) is 3.16. The molecule has 0 bridgehead atoms. The molecule has 1 nitrogen and oxygen atoms in total. The van der Waals surface area contributed by atoms with E-state index in [-0.39, 0.29) is 5.78 Å². The maximum Gasteiger partial charge on any atom is 0.169 e. The van der Waals surface area contributed by atoms with Crippen molar-refractivity contribution in [2.45, 2.75) is 6.42 Å². The van der Waals surface area contributed by atoms with Crippen molar-refractivity contribution in [2.75, 3.05) is 0 Å². The second-order valence-electron chi connectivity index (χ2n) is 3.29. The molecule has 0 saturated heterocycles. The highest BCUT2D eigenvalue weighted by atomic mass is 127. The second-order valence-corrected chi connectivity index (χ2v) is 6.25. The molecule has 0 atom stereocenters. The number of hydrogen-bond donors (Lipinski definition) is 0. The second kappa shape index (κ2) is 5.29. The normalized spacial score (nSPS) is 10.4. The van der Waals surface area contributed by atoms with Gasteiger partial charge >= 0.3 is 0 Å². The van der Waals surface area contributed by atoms with Crippen LogP contribution in [0.3, 0.4) is 0 Å². The Morgan fingerprint density at radius 2 is 2.00 bits per heavy atom. The average molecular weight is 363 g/mol. The topological polar surface area (TPSA) is 17.1 Å². The number of benzene rings is 1. The van der Waals surface area contributed by atoms with E-state index in [1.54, 1.807) is 0 Å². The van der Waals surface area contributed by atoms with Gasteiger partial charge in [-0.2, -0.15) is 0 Å². The third-order valence-corrected chi connectivity index (χ3v) is 4.31. The molecular weight excluding hydrogens is 355 g/mol. The molecule has 0 fully saturated rings. The Morgan fingerprint density at radius 3 is 2.62 bits per heavy atom. The SMILES string of the molecule is O=C(Cc1ccc(Cl)s1)c1ccccc1I. The minimum Gasteiger partial charge on any atom is -0.294 e. The molecule has 0 unspecified atom stereocenters. The lowest BCUT2D eigenvalue weighted by Crippen LogP contribution is -2.04. The van der Waals surface area contributed by atoms with Crippen molar-refractivity contribution >= 4 is 51.3 Å². The van der Waals surface area contributed by atoms with Crippen LogP contribution in [-0.4, -0.2) is 5.78 Å². The van der Waals surface area contributed by atoms with E-state index >= 15 is 0 Å². The van der Waals surface area contributed by atoms with Gasteiger partial charge in [-0.3, -0.25) is 4.79 Å². The van der Waals surface area contributed by atoms with Crippen molar-refractivity contribution in [3.05, 3.63) is 54.7 Å². The summed E-state index contributed by atoms with van der Waals surface area (Å²) in [5.41, 5.74) is 0.785. The molecule has 0 aliphatic heterocycles. The first-order valence-electron chi connectivity index (χ1n) is 4.69. The molecule has 4 heteroatoms. The maximum absolute atomic E-state index is 12.0. The van der Waals surface area contributed by atoms with Gasteiger partial charge in [0.05, 0.1) is 4.34 Å². The van der Waals surface area contributed by atoms with Crippen LogP contribution >= 0.6 is 45.5 Å². The smallest absolute Gasteiger partial charge is 0.169 e. The van der Waals surface area contributed by atoms with Gasteiger partial charge in [0.15, 0.2) is 5.78 Å².